The number of nitrogens with zero attached hydrogens (tertiary/aromatic N) is 2. The van der Waals surface area contributed by atoms with Crippen LogP contribution in [0, 0.1) is 5.82 Å². The van der Waals surface area contributed by atoms with E-state index in [0.29, 0.717) is 11.8 Å². The second-order valence-corrected chi connectivity index (χ2v) is 9.38. The zero-order valence-electron chi connectivity index (χ0n) is 15.4. The van der Waals surface area contributed by atoms with Crippen molar-refractivity contribution < 1.29 is 22.3 Å². The molecule has 3 rings (SSSR count). The fourth-order valence-corrected chi connectivity index (χ4v) is 4.78. The van der Waals surface area contributed by atoms with Crippen LogP contribution in [0.15, 0.2) is 35.5 Å². The highest BCUT2D eigenvalue weighted by Crippen LogP contribution is 2.29. The topological polar surface area (TPSA) is 88.6 Å². The second-order valence-electron chi connectivity index (χ2n) is 7.47. The molecule has 0 unspecified atom stereocenters. The number of pyridine rings is 1. The normalized spacial score (nSPS) is 18.6. The molecule has 2 aromatic rings. The number of nitrogens with one attached hydrogen (secondary N) is 1. The lowest BCUT2D eigenvalue weighted by Crippen LogP contribution is -2.41. The molecule has 146 valence electrons. The van der Waals surface area contributed by atoms with E-state index in [2.05, 4.69) is 10.3 Å². The molecule has 1 aromatic heterocycles. The van der Waals surface area contributed by atoms with Crippen LogP contribution in [0.3, 0.4) is 0 Å². The average Bonchev–Trinajstić information content (AvgIpc) is 3.02. The summed E-state index contributed by atoms with van der Waals surface area (Å²) in [5.41, 5.74) is -0.636. The van der Waals surface area contributed by atoms with E-state index in [1.54, 1.807) is 32.9 Å². The van der Waals surface area contributed by atoms with E-state index in [4.69, 9.17) is 4.74 Å². The summed E-state index contributed by atoms with van der Waals surface area (Å²) in [4.78, 5) is 15.6. The molecule has 1 atom stereocenters. The van der Waals surface area contributed by atoms with Crippen molar-refractivity contribution in [3.63, 3.8) is 0 Å². The molecule has 7 nitrogen and oxygen atoms in total. The third-order valence-electron chi connectivity index (χ3n) is 4.19. The molecule has 1 aliphatic heterocycles. The van der Waals surface area contributed by atoms with E-state index >= 15 is 0 Å². The summed E-state index contributed by atoms with van der Waals surface area (Å²) in [6.45, 7) is 5.59. The van der Waals surface area contributed by atoms with E-state index in [9.17, 15) is 17.6 Å². The number of benzene rings is 1. The number of rotatable bonds is 3. The Hall–Kier alpha value is -2.26. The van der Waals surface area contributed by atoms with E-state index in [1.165, 1.54) is 16.6 Å². The van der Waals surface area contributed by atoms with Crippen LogP contribution in [0.4, 0.5) is 9.18 Å². The van der Waals surface area contributed by atoms with Crippen molar-refractivity contribution in [3.8, 4) is 0 Å². The standard InChI is InChI=1S/C18H22FN3O4S/c1-18(2,3)26-17(23)21-13-7-8-22(11-13)27(24,25)15-6-4-5-12-9-20-10-14(19)16(12)15/h4-6,9-10,13H,7-8,11H2,1-3H3,(H,21,23)/t13-/m1/s1. The smallest absolute Gasteiger partial charge is 0.407 e. The average molecular weight is 395 g/mol. The second kappa shape index (κ2) is 7.05. The first-order chi connectivity index (χ1) is 12.6. The molecule has 1 amide bonds. The monoisotopic (exact) mass is 395 g/mol. The van der Waals surface area contributed by atoms with Gasteiger partial charge in [-0.1, -0.05) is 12.1 Å². The molecule has 9 heteroatoms. The maximum Gasteiger partial charge on any atom is 0.407 e. The lowest BCUT2D eigenvalue weighted by molar-refractivity contribution is 0.0507. The Morgan fingerprint density at radius 3 is 2.78 bits per heavy atom. The Balaban J connectivity index is 1.81. The summed E-state index contributed by atoms with van der Waals surface area (Å²) in [6, 6.07) is 4.19. The highest BCUT2D eigenvalue weighted by atomic mass is 32.2. The minimum absolute atomic E-state index is 0.0241. The lowest BCUT2D eigenvalue weighted by atomic mass is 10.2. The summed E-state index contributed by atoms with van der Waals surface area (Å²) in [7, 11) is -3.92. The number of aromatic nitrogens is 1. The van der Waals surface area contributed by atoms with E-state index in [-0.39, 0.29) is 29.4 Å². The van der Waals surface area contributed by atoms with Gasteiger partial charge in [0.05, 0.1) is 11.1 Å². The molecule has 0 aliphatic carbocycles. The molecule has 0 saturated carbocycles. The number of hydrogen-bond donors (Lipinski definition) is 1. The summed E-state index contributed by atoms with van der Waals surface area (Å²) >= 11 is 0. The van der Waals surface area contributed by atoms with Crippen LogP contribution >= 0.6 is 0 Å². The van der Waals surface area contributed by atoms with Crippen molar-refractivity contribution in [1.29, 1.82) is 0 Å². The third kappa shape index (κ3) is 4.19. The fourth-order valence-electron chi connectivity index (χ4n) is 3.05. The van der Waals surface area contributed by atoms with Gasteiger partial charge < -0.3 is 10.1 Å². The van der Waals surface area contributed by atoms with Gasteiger partial charge in [-0.3, -0.25) is 4.98 Å². The van der Waals surface area contributed by atoms with Crippen LogP contribution in [-0.2, 0) is 14.8 Å². The van der Waals surface area contributed by atoms with Gasteiger partial charge in [0, 0.05) is 36.1 Å². The Labute approximate surface area is 157 Å². The molecule has 1 fully saturated rings. The predicted molar refractivity (Wildman–Crippen MR) is 98.2 cm³/mol. The molecule has 1 saturated heterocycles. The van der Waals surface area contributed by atoms with Crippen LogP contribution in [0.2, 0.25) is 0 Å². The van der Waals surface area contributed by atoms with Crippen LogP contribution in [0.1, 0.15) is 27.2 Å². The van der Waals surface area contributed by atoms with Crippen LogP contribution in [0.5, 0.6) is 0 Å². The molecular weight excluding hydrogens is 373 g/mol. The van der Waals surface area contributed by atoms with Gasteiger partial charge in [-0.25, -0.2) is 17.6 Å². The largest absolute Gasteiger partial charge is 0.444 e. The quantitative estimate of drug-likeness (QED) is 0.863. The summed E-state index contributed by atoms with van der Waals surface area (Å²) in [5.74, 6) is -0.686. The van der Waals surface area contributed by atoms with Crippen molar-refractivity contribution in [3.05, 3.63) is 36.4 Å². The number of sulfonamides is 1. The Bertz CT molecular complexity index is 967. The number of hydrogen-bond acceptors (Lipinski definition) is 5. The van der Waals surface area contributed by atoms with Gasteiger partial charge in [0.2, 0.25) is 10.0 Å². The van der Waals surface area contributed by atoms with Crippen molar-refractivity contribution >= 4 is 26.9 Å². The number of halogens is 1. The molecule has 1 N–H and O–H groups in total. The highest BCUT2D eigenvalue weighted by Gasteiger charge is 2.35. The number of amides is 1. The van der Waals surface area contributed by atoms with Crippen molar-refractivity contribution in [1.82, 2.24) is 14.6 Å². The summed E-state index contributed by atoms with van der Waals surface area (Å²) < 4.78 is 46.8. The molecular formula is C18H22FN3O4S. The predicted octanol–water partition coefficient (Wildman–Crippen LogP) is 2.66. The molecule has 1 aliphatic rings. The van der Waals surface area contributed by atoms with Crippen LogP contribution in [0.25, 0.3) is 10.8 Å². The van der Waals surface area contributed by atoms with Gasteiger partial charge in [0.25, 0.3) is 0 Å². The third-order valence-corrected chi connectivity index (χ3v) is 6.10. The fraction of sp³-hybridized carbons (Fsp3) is 0.444. The number of carbonyl (C=O) groups excluding carboxylic acids is 1. The molecule has 0 radical (unpaired) electrons. The first-order valence-electron chi connectivity index (χ1n) is 8.60. The first-order valence-corrected chi connectivity index (χ1v) is 10.0. The van der Waals surface area contributed by atoms with E-state index in [1.807, 2.05) is 0 Å². The van der Waals surface area contributed by atoms with Crippen molar-refractivity contribution in [2.45, 2.75) is 43.7 Å². The van der Waals surface area contributed by atoms with Gasteiger partial charge in [0.15, 0.2) is 5.82 Å². The van der Waals surface area contributed by atoms with Crippen molar-refractivity contribution in [2.75, 3.05) is 13.1 Å². The van der Waals surface area contributed by atoms with E-state index < -0.39 is 27.5 Å². The minimum atomic E-state index is -3.92. The van der Waals surface area contributed by atoms with Gasteiger partial charge >= 0.3 is 6.09 Å². The number of ether oxygens (including phenoxy) is 1. The molecule has 0 bridgehead atoms. The Morgan fingerprint density at radius 2 is 2.07 bits per heavy atom. The van der Waals surface area contributed by atoms with Crippen LogP contribution in [-0.4, -0.2) is 48.5 Å². The zero-order chi connectivity index (χ0) is 19.8. The number of carbonyl (C=O) groups is 1. The van der Waals surface area contributed by atoms with Crippen LogP contribution < -0.4 is 5.32 Å². The maximum absolute atomic E-state index is 14.3. The molecule has 1 aromatic carbocycles. The minimum Gasteiger partial charge on any atom is -0.444 e. The molecule has 0 spiro atoms. The molecule has 2 heterocycles. The van der Waals surface area contributed by atoms with Gasteiger partial charge in [-0.2, -0.15) is 4.31 Å². The van der Waals surface area contributed by atoms with Crippen molar-refractivity contribution in [2.24, 2.45) is 0 Å². The number of alkyl carbamates (subject to hydrolysis) is 1. The first kappa shape index (κ1) is 19.5. The summed E-state index contributed by atoms with van der Waals surface area (Å²) in [6.07, 6.45) is 2.29. The van der Waals surface area contributed by atoms with Gasteiger partial charge in [-0.15, -0.1) is 0 Å². The molecule has 27 heavy (non-hydrogen) atoms. The zero-order valence-corrected chi connectivity index (χ0v) is 16.2. The SMILES string of the molecule is CC(C)(C)OC(=O)N[C@@H]1CCN(S(=O)(=O)c2cccc3cncc(F)c23)C1. The van der Waals surface area contributed by atoms with Gasteiger partial charge in [0.1, 0.15) is 5.60 Å². The van der Waals surface area contributed by atoms with Gasteiger partial charge in [-0.05, 0) is 33.3 Å². The number of fused-ring (bicyclic) bond motifs is 1. The Kier molecular flexibility index (Phi) is 5.09. The lowest BCUT2D eigenvalue weighted by Gasteiger charge is -2.22. The Morgan fingerprint density at radius 1 is 1.33 bits per heavy atom. The summed E-state index contributed by atoms with van der Waals surface area (Å²) in [5, 5.41) is 3.13. The highest BCUT2D eigenvalue weighted by molar-refractivity contribution is 7.89. The van der Waals surface area contributed by atoms with E-state index in [0.717, 1.165) is 6.20 Å². The maximum atomic E-state index is 14.3.